The number of amides is 1. The molecule has 0 atom stereocenters. The molecule has 6 nitrogen and oxygen atoms in total. The SMILES string of the molecule is CN=C(NCCC(=O)Nc1cc(Br)ccc1C)N(C)CCOCC1CC1.I. The highest BCUT2D eigenvalue weighted by Gasteiger charge is 2.21. The third-order valence-corrected chi connectivity index (χ3v) is 4.80. The summed E-state index contributed by atoms with van der Waals surface area (Å²) < 4.78 is 6.61. The zero-order valence-corrected chi connectivity index (χ0v) is 20.2. The van der Waals surface area contributed by atoms with Crippen LogP contribution in [0.1, 0.15) is 24.8 Å². The van der Waals surface area contributed by atoms with Gasteiger partial charge in [0.05, 0.1) is 6.61 Å². The van der Waals surface area contributed by atoms with Gasteiger partial charge in [0.15, 0.2) is 5.96 Å². The molecule has 2 N–H and O–H groups in total. The summed E-state index contributed by atoms with van der Waals surface area (Å²) in [6, 6.07) is 5.84. The fraction of sp³-hybridized carbons (Fsp3) is 0.579. The number of hydrogen-bond acceptors (Lipinski definition) is 3. The lowest BCUT2D eigenvalue weighted by Crippen LogP contribution is -2.41. The maximum absolute atomic E-state index is 12.2. The lowest BCUT2D eigenvalue weighted by atomic mass is 10.2. The van der Waals surface area contributed by atoms with Crippen molar-refractivity contribution >= 4 is 57.5 Å². The van der Waals surface area contributed by atoms with Crippen molar-refractivity contribution in [1.29, 1.82) is 0 Å². The third kappa shape index (κ3) is 9.25. The molecule has 1 aromatic rings. The van der Waals surface area contributed by atoms with E-state index in [4.69, 9.17) is 4.74 Å². The van der Waals surface area contributed by atoms with Gasteiger partial charge in [-0.25, -0.2) is 0 Å². The van der Waals surface area contributed by atoms with Gasteiger partial charge >= 0.3 is 0 Å². The number of benzene rings is 1. The highest BCUT2D eigenvalue weighted by Crippen LogP contribution is 2.28. The molecule has 0 aliphatic heterocycles. The Labute approximate surface area is 187 Å². The minimum absolute atomic E-state index is 0. The number of guanidine groups is 1. The molecule has 0 unspecified atom stereocenters. The number of rotatable bonds is 9. The van der Waals surface area contributed by atoms with Crippen LogP contribution in [0.15, 0.2) is 27.7 Å². The number of nitrogens with zero attached hydrogens (tertiary/aromatic N) is 2. The molecular weight excluding hydrogens is 523 g/mol. The number of aliphatic imine (C=N–C) groups is 1. The smallest absolute Gasteiger partial charge is 0.226 e. The average molecular weight is 553 g/mol. The lowest BCUT2D eigenvalue weighted by molar-refractivity contribution is -0.116. The van der Waals surface area contributed by atoms with Gasteiger partial charge in [0.2, 0.25) is 5.91 Å². The second kappa shape index (κ2) is 12.6. The number of carbonyl (C=O) groups excluding carboxylic acids is 1. The number of likely N-dealkylation sites (N-methyl/N-ethyl adjacent to an activating group) is 1. The van der Waals surface area contributed by atoms with Crippen molar-refractivity contribution in [1.82, 2.24) is 10.2 Å². The van der Waals surface area contributed by atoms with Gasteiger partial charge in [0.1, 0.15) is 0 Å². The Morgan fingerprint density at radius 3 is 2.81 bits per heavy atom. The number of nitrogens with one attached hydrogen (secondary N) is 2. The molecule has 0 saturated heterocycles. The fourth-order valence-corrected chi connectivity index (χ4v) is 2.82. The van der Waals surface area contributed by atoms with Gasteiger partial charge in [0.25, 0.3) is 0 Å². The van der Waals surface area contributed by atoms with E-state index in [1.165, 1.54) is 12.8 Å². The predicted octanol–water partition coefficient (Wildman–Crippen LogP) is 3.64. The topological polar surface area (TPSA) is 66.0 Å². The fourth-order valence-electron chi connectivity index (χ4n) is 2.46. The van der Waals surface area contributed by atoms with E-state index in [0.717, 1.165) is 40.8 Å². The van der Waals surface area contributed by atoms with E-state index in [2.05, 4.69) is 31.6 Å². The molecule has 1 aliphatic carbocycles. The zero-order valence-electron chi connectivity index (χ0n) is 16.3. The second-order valence-corrected chi connectivity index (χ2v) is 7.59. The van der Waals surface area contributed by atoms with Crippen molar-refractivity contribution in [2.24, 2.45) is 10.9 Å². The van der Waals surface area contributed by atoms with Gasteiger partial charge in [-0.2, -0.15) is 0 Å². The van der Waals surface area contributed by atoms with Crippen LogP contribution in [0.3, 0.4) is 0 Å². The average Bonchev–Trinajstić information content (AvgIpc) is 3.43. The number of ether oxygens (including phenoxy) is 1. The highest BCUT2D eigenvalue weighted by molar-refractivity contribution is 14.0. The molecule has 1 saturated carbocycles. The van der Waals surface area contributed by atoms with Crippen molar-refractivity contribution in [3.05, 3.63) is 28.2 Å². The summed E-state index contributed by atoms with van der Waals surface area (Å²) in [4.78, 5) is 18.4. The zero-order chi connectivity index (χ0) is 18.9. The van der Waals surface area contributed by atoms with Crippen molar-refractivity contribution in [2.75, 3.05) is 45.7 Å². The number of halogens is 2. The van der Waals surface area contributed by atoms with E-state index >= 15 is 0 Å². The number of aryl methyl sites for hydroxylation is 1. The molecular formula is C19H30BrIN4O2. The van der Waals surface area contributed by atoms with Crippen LogP contribution < -0.4 is 10.6 Å². The molecule has 0 heterocycles. The Hall–Kier alpha value is -0.870. The van der Waals surface area contributed by atoms with E-state index < -0.39 is 0 Å². The van der Waals surface area contributed by atoms with Gasteiger partial charge in [-0.3, -0.25) is 9.79 Å². The Morgan fingerprint density at radius 2 is 2.15 bits per heavy atom. The molecule has 1 fully saturated rings. The summed E-state index contributed by atoms with van der Waals surface area (Å²) in [7, 11) is 3.72. The third-order valence-electron chi connectivity index (χ3n) is 4.30. The molecule has 8 heteroatoms. The van der Waals surface area contributed by atoms with Gasteiger partial charge in [-0.1, -0.05) is 22.0 Å². The van der Waals surface area contributed by atoms with Gasteiger partial charge in [-0.15, -0.1) is 24.0 Å². The summed E-state index contributed by atoms with van der Waals surface area (Å²) in [5, 5.41) is 6.17. The van der Waals surface area contributed by atoms with Crippen LogP contribution in [0, 0.1) is 12.8 Å². The monoisotopic (exact) mass is 552 g/mol. The summed E-state index contributed by atoms with van der Waals surface area (Å²) in [6.07, 6.45) is 2.98. The first-order valence-corrected chi connectivity index (χ1v) is 9.84. The molecule has 0 radical (unpaired) electrons. The van der Waals surface area contributed by atoms with Gasteiger partial charge in [0, 0.05) is 50.4 Å². The molecule has 0 bridgehead atoms. The Morgan fingerprint density at radius 1 is 1.41 bits per heavy atom. The van der Waals surface area contributed by atoms with Crippen LogP contribution in [-0.2, 0) is 9.53 Å². The largest absolute Gasteiger partial charge is 0.379 e. The summed E-state index contributed by atoms with van der Waals surface area (Å²) in [5.74, 6) is 1.53. The maximum atomic E-state index is 12.2. The Balaban J connectivity index is 0.00000364. The van der Waals surface area contributed by atoms with Crippen molar-refractivity contribution in [2.45, 2.75) is 26.2 Å². The molecule has 2 rings (SSSR count). The van der Waals surface area contributed by atoms with Crippen LogP contribution in [0.25, 0.3) is 0 Å². The highest BCUT2D eigenvalue weighted by atomic mass is 127. The van der Waals surface area contributed by atoms with E-state index in [9.17, 15) is 4.79 Å². The summed E-state index contributed by atoms with van der Waals surface area (Å²) in [6.45, 7) is 4.84. The van der Waals surface area contributed by atoms with Gasteiger partial charge < -0.3 is 20.3 Å². The molecule has 152 valence electrons. The van der Waals surface area contributed by atoms with E-state index in [1.54, 1.807) is 7.05 Å². The van der Waals surface area contributed by atoms with E-state index in [1.807, 2.05) is 37.1 Å². The van der Waals surface area contributed by atoms with Crippen LogP contribution in [0.5, 0.6) is 0 Å². The van der Waals surface area contributed by atoms with Crippen molar-refractivity contribution in [3.8, 4) is 0 Å². The lowest BCUT2D eigenvalue weighted by Gasteiger charge is -2.22. The quantitative estimate of drug-likeness (QED) is 0.212. The molecule has 0 aromatic heterocycles. The van der Waals surface area contributed by atoms with Crippen LogP contribution in [0.2, 0.25) is 0 Å². The first-order chi connectivity index (χ1) is 12.5. The first-order valence-electron chi connectivity index (χ1n) is 9.05. The number of carbonyl (C=O) groups is 1. The van der Waals surface area contributed by atoms with E-state index in [0.29, 0.717) is 19.6 Å². The predicted molar refractivity (Wildman–Crippen MR) is 125 cm³/mol. The molecule has 1 aliphatic rings. The molecule has 0 spiro atoms. The van der Waals surface area contributed by atoms with Crippen molar-refractivity contribution < 1.29 is 9.53 Å². The number of anilines is 1. The first kappa shape index (κ1) is 24.2. The number of hydrogen-bond donors (Lipinski definition) is 2. The molecule has 1 aromatic carbocycles. The van der Waals surface area contributed by atoms with Crippen LogP contribution in [0.4, 0.5) is 5.69 Å². The van der Waals surface area contributed by atoms with Crippen LogP contribution in [-0.4, -0.2) is 57.2 Å². The van der Waals surface area contributed by atoms with Crippen molar-refractivity contribution in [3.63, 3.8) is 0 Å². The summed E-state index contributed by atoms with van der Waals surface area (Å²) in [5.41, 5.74) is 1.87. The van der Waals surface area contributed by atoms with Crippen LogP contribution >= 0.6 is 39.9 Å². The minimum atomic E-state index is -0.0235. The minimum Gasteiger partial charge on any atom is -0.379 e. The Kier molecular flexibility index (Phi) is 11.2. The standard InChI is InChI=1S/C19H29BrN4O2.HI/c1-14-4-7-16(20)12-17(14)23-18(25)8-9-22-19(21-2)24(3)10-11-26-13-15-5-6-15;/h4,7,12,15H,5-6,8-11,13H2,1-3H3,(H,21,22)(H,23,25);1H. The second-order valence-electron chi connectivity index (χ2n) is 6.67. The Bertz CT molecular complexity index is 638. The normalized spacial score (nSPS) is 13.7. The molecule has 27 heavy (non-hydrogen) atoms. The maximum Gasteiger partial charge on any atom is 0.226 e. The molecule has 1 amide bonds. The van der Waals surface area contributed by atoms with Gasteiger partial charge in [-0.05, 0) is 43.4 Å². The summed E-state index contributed by atoms with van der Waals surface area (Å²) >= 11 is 3.43. The van der Waals surface area contributed by atoms with E-state index in [-0.39, 0.29) is 29.9 Å².